The molecule has 0 unspecified atom stereocenters. The largest absolute Gasteiger partial charge is 0.405 e. The highest BCUT2D eigenvalue weighted by molar-refractivity contribution is 7.98. The lowest BCUT2D eigenvalue weighted by molar-refractivity contribution is -0.142. The summed E-state index contributed by atoms with van der Waals surface area (Å²) in [5, 5.41) is 1.69. The van der Waals surface area contributed by atoms with Crippen LogP contribution in [0.3, 0.4) is 0 Å². The van der Waals surface area contributed by atoms with Gasteiger partial charge in [0.25, 0.3) is 0 Å². The van der Waals surface area contributed by atoms with Crippen LogP contribution in [0.25, 0.3) is 0 Å². The lowest BCUT2D eigenvalue weighted by Gasteiger charge is -2.20. The van der Waals surface area contributed by atoms with E-state index in [0.29, 0.717) is 12.2 Å². The van der Waals surface area contributed by atoms with Crippen molar-refractivity contribution in [2.24, 2.45) is 5.73 Å². The Morgan fingerprint density at radius 3 is 2.47 bits per heavy atom. The van der Waals surface area contributed by atoms with Crippen molar-refractivity contribution in [1.29, 1.82) is 0 Å². The number of likely N-dealkylation sites (N-methyl/N-ethyl adjacent to an activating group) is 1. The van der Waals surface area contributed by atoms with Gasteiger partial charge in [-0.1, -0.05) is 0 Å². The lowest BCUT2D eigenvalue weighted by atomic mass is 10.2. The third kappa shape index (κ3) is 8.71. The Hall–Kier alpha value is -0.960. The Balaban J connectivity index is 4.10. The van der Waals surface area contributed by atoms with Gasteiger partial charge < -0.3 is 16.0 Å². The highest BCUT2D eigenvalue weighted by Gasteiger charge is 2.28. The predicted octanol–water partition coefficient (Wildman–Crippen LogP) is 0.204. The van der Waals surface area contributed by atoms with Crippen molar-refractivity contribution in [1.82, 2.24) is 10.2 Å². The van der Waals surface area contributed by atoms with Gasteiger partial charge in [-0.25, -0.2) is 0 Å². The zero-order chi connectivity index (χ0) is 15.1. The first-order chi connectivity index (χ1) is 8.67. The van der Waals surface area contributed by atoms with Gasteiger partial charge in [-0.05, 0) is 18.4 Å². The van der Waals surface area contributed by atoms with E-state index in [9.17, 15) is 22.8 Å². The molecule has 9 heteroatoms. The van der Waals surface area contributed by atoms with Gasteiger partial charge in [0.2, 0.25) is 11.8 Å². The Morgan fingerprint density at radius 2 is 2.00 bits per heavy atom. The molecule has 0 aromatic heterocycles. The summed E-state index contributed by atoms with van der Waals surface area (Å²) < 4.78 is 35.6. The monoisotopic (exact) mass is 301 g/mol. The van der Waals surface area contributed by atoms with Crippen molar-refractivity contribution in [2.75, 3.05) is 32.1 Å². The SMILES string of the molecule is CSCC[C@@H](N)C(=O)N(C)CC(=O)NCC(F)(F)F. The highest BCUT2D eigenvalue weighted by Crippen LogP contribution is 2.12. The van der Waals surface area contributed by atoms with Crippen molar-refractivity contribution in [2.45, 2.75) is 18.6 Å². The highest BCUT2D eigenvalue weighted by atomic mass is 32.2. The van der Waals surface area contributed by atoms with Gasteiger partial charge in [0.1, 0.15) is 6.54 Å². The van der Waals surface area contributed by atoms with Crippen LogP contribution >= 0.6 is 11.8 Å². The molecule has 0 aliphatic rings. The summed E-state index contributed by atoms with van der Waals surface area (Å²) >= 11 is 1.53. The first kappa shape index (κ1) is 18.0. The number of carbonyl (C=O) groups is 2. The molecule has 19 heavy (non-hydrogen) atoms. The van der Waals surface area contributed by atoms with Crippen molar-refractivity contribution in [3.63, 3.8) is 0 Å². The average molecular weight is 301 g/mol. The van der Waals surface area contributed by atoms with Gasteiger partial charge in [0.05, 0.1) is 12.6 Å². The Kier molecular flexibility index (Phi) is 7.84. The van der Waals surface area contributed by atoms with Gasteiger partial charge in [-0.2, -0.15) is 24.9 Å². The molecule has 1 atom stereocenters. The molecular weight excluding hydrogens is 283 g/mol. The fourth-order valence-electron chi connectivity index (χ4n) is 1.20. The smallest absolute Gasteiger partial charge is 0.345 e. The molecule has 0 fully saturated rings. The van der Waals surface area contributed by atoms with E-state index in [-0.39, 0.29) is 0 Å². The molecule has 5 nitrogen and oxygen atoms in total. The Morgan fingerprint density at radius 1 is 1.42 bits per heavy atom. The molecule has 3 N–H and O–H groups in total. The first-order valence-corrected chi connectivity index (χ1v) is 6.89. The molecule has 0 heterocycles. The van der Waals surface area contributed by atoms with Gasteiger partial charge in [0.15, 0.2) is 0 Å². The summed E-state index contributed by atoms with van der Waals surface area (Å²) in [6, 6.07) is -0.743. The van der Waals surface area contributed by atoms with E-state index in [0.717, 1.165) is 4.90 Å². The number of hydrogen-bond donors (Lipinski definition) is 2. The van der Waals surface area contributed by atoms with E-state index in [1.165, 1.54) is 18.8 Å². The van der Waals surface area contributed by atoms with Gasteiger partial charge in [-0.3, -0.25) is 9.59 Å². The third-order valence-corrected chi connectivity index (χ3v) is 2.84. The maximum Gasteiger partial charge on any atom is 0.405 e. The number of nitrogens with zero attached hydrogens (tertiary/aromatic N) is 1. The summed E-state index contributed by atoms with van der Waals surface area (Å²) in [5.74, 6) is -0.637. The number of amides is 2. The molecule has 0 aromatic rings. The van der Waals surface area contributed by atoms with Gasteiger partial charge in [-0.15, -0.1) is 0 Å². The van der Waals surface area contributed by atoms with Crippen molar-refractivity contribution in [3.8, 4) is 0 Å². The number of carbonyl (C=O) groups excluding carboxylic acids is 2. The van der Waals surface area contributed by atoms with Crippen LogP contribution in [-0.2, 0) is 9.59 Å². The number of thioether (sulfide) groups is 1. The van der Waals surface area contributed by atoms with Gasteiger partial charge >= 0.3 is 6.18 Å². The van der Waals surface area contributed by atoms with E-state index >= 15 is 0 Å². The molecule has 0 saturated heterocycles. The Labute approximate surface area is 114 Å². The number of nitrogens with one attached hydrogen (secondary N) is 1. The van der Waals surface area contributed by atoms with E-state index in [4.69, 9.17) is 5.73 Å². The van der Waals surface area contributed by atoms with Crippen molar-refractivity contribution < 1.29 is 22.8 Å². The first-order valence-electron chi connectivity index (χ1n) is 5.50. The van der Waals surface area contributed by atoms with Crippen LogP contribution in [0.2, 0.25) is 0 Å². The molecule has 0 aliphatic carbocycles. The van der Waals surface area contributed by atoms with Crippen molar-refractivity contribution >= 4 is 23.6 Å². The summed E-state index contributed by atoms with van der Waals surface area (Å²) in [7, 11) is 1.33. The molecule has 0 rings (SSSR count). The molecule has 0 saturated carbocycles. The summed E-state index contributed by atoms with van der Waals surface area (Å²) in [6.45, 7) is -1.85. The number of alkyl halides is 3. The fourth-order valence-corrected chi connectivity index (χ4v) is 1.69. The predicted molar refractivity (Wildman–Crippen MR) is 67.7 cm³/mol. The zero-order valence-electron chi connectivity index (χ0n) is 10.8. The number of hydrogen-bond acceptors (Lipinski definition) is 4. The molecule has 0 aliphatic heterocycles. The van der Waals surface area contributed by atoms with Crippen molar-refractivity contribution in [3.05, 3.63) is 0 Å². The molecule has 0 spiro atoms. The molecule has 112 valence electrons. The standard InChI is InChI=1S/C10H18F3N3O2S/c1-16(9(18)7(14)3-4-19-2)5-8(17)15-6-10(11,12)13/h7H,3-6,14H2,1-2H3,(H,15,17)/t7-/m1/s1. The third-order valence-electron chi connectivity index (χ3n) is 2.19. The van der Waals surface area contributed by atoms with Crippen LogP contribution < -0.4 is 11.1 Å². The molecule has 0 aromatic carbocycles. The summed E-state index contributed by atoms with van der Waals surface area (Å²) in [5.41, 5.74) is 5.61. The van der Waals surface area contributed by atoms with E-state index < -0.39 is 37.1 Å². The second kappa shape index (κ2) is 8.26. The average Bonchev–Trinajstić information content (AvgIpc) is 2.31. The van der Waals surface area contributed by atoms with Crippen LogP contribution in [0, 0.1) is 0 Å². The second-order valence-electron chi connectivity index (χ2n) is 3.97. The van der Waals surface area contributed by atoms with E-state index in [1.807, 2.05) is 6.26 Å². The minimum atomic E-state index is -4.47. The van der Waals surface area contributed by atoms with Gasteiger partial charge in [0, 0.05) is 7.05 Å². The number of halogens is 3. The number of rotatable bonds is 7. The zero-order valence-corrected chi connectivity index (χ0v) is 11.6. The quantitative estimate of drug-likeness (QED) is 0.704. The minimum absolute atomic E-state index is 0.443. The topological polar surface area (TPSA) is 75.4 Å². The van der Waals surface area contributed by atoms with Crippen LogP contribution in [0.15, 0.2) is 0 Å². The maximum atomic E-state index is 11.9. The fraction of sp³-hybridized carbons (Fsp3) is 0.800. The molecule has 0 radical (unpaired) electrons. The summed E-state index contributed by atoms with van der Waals surface area (Å²) in [4.78, 5) is 23.9. The number of nitrogens with two attached hydrogens (primary N) is 1. The van der Waals surface area contributed by atoms with Crippen LogP contribution in [0.5, 0.6) is 0 Å². The maximum absolute atomic E-state index is 11.9. The molecule has 2 amide bonds. The summed E-state index contributed by atoms with van der Waals surface area (Å²) in [6.07, 6.45) is -2.15. The van der Waals surface area contributed by atoms with Crippen LogP contribution in [0.1, 0.15) is 6.42 Å². The van der Waals surface area contributed by atoms with E-state index in [2.05, 4.69) is 0 Å². The van der Waals surface area contributed by atoms with Crippen LogP contribution in [-0.4, -0.2) is 61.1 Å². The molecule has 0 bridgehead atoms. The second-order valence-corrected chi connectivity index (χ2v) is 4.96. The Bertz CT molecular complexity index is 313. The minimum Gasteiger partial charge on any atom is -0.345 e. The molecular formula is C10H18F3N3O2S. The normalized spacial score (nSPS) is 12.9. The van der Waals surface area contributed by atoms with E-state index in [1.54, 1.807) is 5.32 Å². The lowest BCUT2D eigenvalue weighted by Crippen LogP contribution is -2.47. The van der Waals surface area contributed by atoms with Crippen LogP contribution in [0.4, 0.5) is 13.2 Å².